The van der Waals surface area contributed by atoms with Gasteiger partial charge in [-0.2, -0.15) is 0 Å². The van der Waals surface area contributed by atoms with Crippen molar-refractivity contribution in [3.63, 3.8) is 0 Å². The van der Waals surface area contributed by atoms with Crippen molar-refractivity contribution in [1.29, 1.82) is 0 Å². The van der Waals surface area contributed by atoms with Crippen molar-refractivity contribution in [3.8, 4) is 0 Å². The standard InChI is InChI=1S/C19H29NO2/c1-18-7-5-12(20)9-11(18)10-15(21)17-13-3-4-16(22)19(13,2)8-6-14(17)18/h9,12-15,17,21H,3-8,10,20H2,1-2H3/t12?,13-,14+,15?,17-,18-,19-/m0/s1. The molecule has 0 aromatic heterocycles. The summed E-state index contributed by atoms with van der Waals surface area (Å²) in [6, 6.07) is 0.161. The Morgan fingerprint density at radius 1 is 1.14 bits per heavy atom. The van der Waals surface area contributed by atoms with E-state index >= 15 is 0 Å². The van der Waals surface area contributed by atoms with Gasteiger partial charge in [-0.05, 0) is 61.7 Å². The van der Waals surface area contributed by atoms with Crippen molar-refractivity contribution in [2.45, 2.75) is 70.9 Å². The Balaban J connectivity index is 1.74. The summed E-state index contributed by atoms with van der Waals surface area (Å²) in [4.78, 5) is 12.4. The highest BCUT2D eigenvalue weighted by atomic mass is 16.3. The van der Waals surface area contributed by atoms with E-state index in [1.54, 1.807) is 0 Å². The molecule has 0 saturated heterocycles. The minimum absolute atomic E-state index is 0.161. The van der Waals surface area contributed by atoms with Crippen molar-refractivity contribution in [3.05, 3.63) is 11.6 Å². The van der Waals surface area contributed by atoms with Gasteiger partial charge in [0.25, 0.3) is 0 Å². The first kappa shape index (κ1) is 14.9. The lowest BCUT2D eigenvalue weighted by Crippen LogP contribution is -2.55. The first-order chi connectivity index (χ1) is 10.4. The second kappa shape index (κ2) is 4.67. The van der Waals surface area contributed by atoms with E-state index in [-0.39, 0.29) is 23.0 Å². The molecule has 0 heterocycles. The van der Waals surface area contributed by atoms with E-state index < -0.39 is 0 Å². The number of nitrogens with two attached hydrogens (primary N) is 1. The molecule has 3 N–H and O–H groups in total. The molecular formula is C19H29NO2. The Kier molecular flexibility index (Phi) is 3.16. The van der Waals surface area contributed by atoms with Gasteiger partial charge in [-0.15, -0.1) is 0 Å². The highest BCUT2D eigenvalue weighted by Crippen LogP contribution is 2.64. The number of hydrogen-bond donors (Lipinski definition) is 2. The number of rotatable bonds is 0. The van der Waals surface area contributed by atoms with Crippen LogP contribution in [0.5, 0.6) is 0 Å². The fourth-order valence-corrected chi connectivity index (χ4v) is 6.49. The van der Waals surface area contributed by atoms with E-state index in [2.05, 4.69) is 19.9 Å². The monoisotopic (exact) mass is 303 g/mol. The fraction of sp³-hybridized carbons (Fsp3) is 0.842. The van der Waals surface area contributed by atoms with Gasteiger partial charge in [0.2, 0.25) is 0 Å². The number of carbonyl (C=O) groups excluding carboxylic acids is 1. The second-order valence-corrected chi connectivity index (χ2v) is 8.79. The van der Waals surface area contributed by atoms with Crippen LogP contribution >= 0.6 is 0 Å². The maximum absolute atomic E-state index is 12.4. The van der Waals surface area contributed by atoms with Gasteiger partial charge >= 0.3 is 0 Å². The number of ketones is 1. The van der Waals surface area contributed by atoms with Crippen LogP contribution in [-0.4, -0.2) is 23.0 Å². The van der Waals surface area contributed by atoms with Gasteiger partial charge in [-0.25, -0.2) is 0 Å². The zero-order valence-corrected chi connectivity index (χ0v) is 13.8. The molecule has 0 spiro atoms. The third kappa shape index (κ3) is 1.78. The van der Waals surface area contributed by atoms with Crippen molar-refractivity contribution < 1.29 is 9.90 Å². The lowest BCUT2D eigenvalue weighted by molar-refractivity contribution is -0.138. The molecule has 0 aromatic rings. The van der Waals surface area contributed by atoms with E-state index in [1.165, 1.54) is 5.57 Å². The van der Waals surface area contributed by atoms with Crippen molar-refractivity contribution >= 4 is 5.78 Å². The number of aliphatic hydroxyl groups is 1. The van der Waals surface area contributed by atoms with E-state index in [1.807, 2.05) is 0 Å². The van der Waals surface area contributed by atoms with E-state index in [9.17, 15) is 9.90 Å². The van der Waals surface area contributed by atoms with Crippen molar-refractivity contribution in [1.82, 2.24) is 0 Å². The molecule has 0 bridgehead atoms. The molecule has 3 fully saturated rings. The third-order valence-electron chi connectivity index (χ3n) is 7.88. The van der Waals surface area contributed by atoms with Crippen LogP contribution in [0.25, 0.3) is 0 Å². The summed E-state index contributed by atoms with van der Waals surface area (Å²) < 4.78 is 0. The van der Waals surface area contributed by atoms with Crippen LogP contribution in [-0.2, 0) is 4.79 Å². The number of aliphatic hydroxyl groups excluding tert-OH is 1. The maximum atomic E-state index is 12.4. The first-order valence-electron chi connectivity index (χ1n) is 9.04. The molecule has 3 saturated carbocycles. The highest BCUT2D eigenvalue weighted by molar-refractivity contribution is 5.87. The quantitative estimate of drug-likeness (QED) is 0.676. The average Bonchev–Trinajstić information content (AvgIpc) is 2.77. The van der Waals surface area contributed by atoms with Gasteiger partial charge in [0.15, 0.2) is 0 Å². The Morgan fingerprint density at radius 3 is 2.59 bits per heavy atom. The average molecular weight is 303 g/mol. The van der Waals surface area contributed by atoms with E-state index in [0.29, 0.717) is 23.5 Å². The summed E-state index contributed by atoms with van der Waals surface area (Å²) in [5.41, 5.74) is 7.57. The summed E-state index contributed by atoms with van der Waals surface area (Å²) in [7, 11) is 0. The normalized spacial score (nSPS) is 54.3. The molecule has 4 aliphatic rings. The second-order valence-electron chi connectivity index (χ2n) is 8.79. The van der Waals surface area contributed by atoms with Gasteiger partial charge in [0.05, 0.1) is 6.10 Å². The molecule has 4 rings (SSSR count). The molecular weight excluding hydrogens is 274 g/mol. The largest absolute Gasteiger partial charge is 0.392 e. The Labute approximate surface area is 133 Å². The molecule has 0 aliphatic heterocycles. The zero-order chi connectivity index (χ0) is 15.7. The van der Waals surface area contributed by atoms with Crippen LogP contribution in [0, 0.1) is 28.6 Å². The number of Topliss-reactive ketones (excluding diaryl/α,β-unsaturated/α-hetero) is 1. The molecule has 2 unspecified atom stereocenters. The Hall–Kier alpha value is -0.670. The smallest absolute Gasteiger partial charge is 0.139 e. The highest BCUT2D eigenvalue weighted by Gasteiger charge is 2.61. The van der Waals surface area contributed by atoms with Crippen LogP contribution in [0.4, 0.5) is 0 Å². The van der Waals surface area contributed by atoms with Crippen LogP contribution in [0.15, 0.2) is 11.6 Å². The molecule has 22 heavy (non-hydrogen) atoms. The summed E-state index contributed by atoms with van der Waals surface area (Å²) in [6.07, 6.45) is 8.73. The van der Waals surface area contributed by atoms with E-state index in [0.717, 1.165) is 44.9 Å². The molecule has 0 radical (unpaired) electrons. The molecule has 0 amide bonds. The van der Waals surface area contributed by atoms with Gasteiger partial charge in [0.1, 0.15) is 5.78 Å². The molecule has 4 aliphatic carbocycles. The molecule has 3 heteroatoms. The Bertz CT molecular complexity index is 542. The lowest BCUT2D eigenvalue weighted by atomic mass is 9.46. The maximum Gasteiger partial charge on any atom is 0.139 e. The summed E-state index contributed by atoms with van der Waals surface area (Å²) in [6.45, 7) is 4.56. The lowest BCUT2D eigenvalue weighted by Gasteiger charge is -2.58. The van der Waals surface area contributed by atoms with Crippen LogP contribution < -0.4 is 5.73 Å². The minimum Gasteiger partial charge on any atom is -0.392 e. The summed E-state index contributed by atoms with van der Waals surface area (Å²) in [5, 5.41) is 10.9. The molecule has 0 aromatic carbocycles. The van der Waals surface area contributed by atoms with E-state index in [4.69, 9.17) is 5.73 Å². The molecule has 7 atom stereocenters. The van der Waals surface area contributed by atoms with Gasteiger partial charge < -0.3 is 10.8 Å². The SMILES string of the molecule is C[C@]12CCC(N)C=C1CC(O)[C@@H]1[C@H]2CC[C@]2(C)C(=O)CC[C@@H]12. The fourth-order valence-electron chi connectivity index (χ4n) is 6.49. The minimum atomic E-state index is -0.287. The van der Waals surface area contributed by atoms with Gasteiger partial charge in [-0.3, -0.25) is 4.79 Å². The van der Waals surface area contributed by atoms with Crippen molar-refractivity contribution in [2.75, 3.05) is 0 Å². The number of carbonyl (C=O) groups is 1. The first-order valence-corrected chi connectivity index (χ1v) is 9.04. The molecule has 3 nitrogen and oxygen atoms in total. The van der Waals surface area contributed by atoms with Crippen LogP contribution in [0.3, 0.4) is 0 Å². The van der Waals surface area contributed by atoms with Gasteiger partial charge in [0, 0.05) is 17.9 Å². The predicted molar refractivity (Wildman–Crippen MR) is 86.1 cm³/mol. The van der Waals surface area contributed by atoms with Crippen LogP contribution in [0.1, 0.15) is 58.8 Å². The third-order valence-corrected chi connectivity index (χ3v) is 7.88. The molecule has 122 valence electrons. The number of hydrogen-bond acceptors (Lipinski definition) is 3. The zero-order valence-electron chi connectivity index (χ0n) is 13.8. The summed E-state index contributed by atoms with van der Waals surface area (Å²) in [5.74, 6) is 1.67. The topological polar surface area (TPSA) is 63.3 Å². The Morgan fingerprint density at radius 2 is 1.82 bits per heavy atom. The summed E-state index contributed by atoms with van der Waals surface area (Å²) >= 11 is 0. The van der Waals surface area contributed by atoms with Gasteiger partial charge in [-0.1, -0.05) is 25.5 Å². The van der Waals surface area contributed by atoms with Crippen molar-refractivity contribution in [2.24, 2.45) is 34.3 Å². The van der Waals surface area contributed by atoms with Crippen LogP contribution in [0.2, 0.25) is 0 Å². The predicted octanol–water partition coefficient (Wildman–Crippen LogP) is 2.82. The number of fused-ring (bicyclic) bond motifs is 5.